The van der Waals surface area contributed by atoms with E-state index in [-0.39, 0.29) is 30.2 Å². The average Bonchev–Trinajstić information content (AvgIpc) is 3.69. The second-order valence-electron chi connectivity index (χ2n) is 8.80. The highest BCUT2D eigenvalue weighted by molar-refractivity contribution is 7.15. The van der Waals surface area contributed by atoms with Crippen LogP contribution < -0.4 is 16.3 Å². The molecule has 0 amide bonds. The summed E-state index contributed by atoms with van der Waals surface area (Å²) in [6, 6.07) is 19.3. The largest absolute Gasteiger partial charge is 0.330 e. The van der Waals surface area contributed by atoms with Gasteiger partial charge in [-0.1, -0.05) is 34.8 Å². The summed E-state index contributed by atoms with van der Waals surface area (Å²) in [6.07, 6.45) is 0. The van der Waals surface area contributed by atoms with Crippen LogP contribution in [0, 0.1) is 20.2 Å². The molecule has 0 spiro atoms. The molecule has 0 aliphatic carbocycles. The van der Waals surface area contributed by atoms with Crippen LogP contribution >= 0.6 is 22.7 Å². The van der Waals surface area contributed by atoms with Crippen molar-refractivity contribution in [1.29, 1.82) is 0 Å². The Hall–Kier alpha value is -5.55. The molecular formula is C25H18N10O5S2. The molecule has 0 bridgehead atoms. The van der Waals surface area contributed by atoms with Crippen LogP contribution in [0.15, 0.2) is 77.6 Å². The van der Waals surface area contributed by atoms with E-state index in [1.807, 2.05) is 24.3 Å². The van der Waals surface area contributed by atoms with Gasteiger partial charge in [-0.2, -0.15) is 0 Å². The summed E-state index contributed by atoms with van der Waals surface area (Å²) in [5.74, 6) is 0. The van der Waals surface area contributed by atoms with Crippen LogP contribution in [0.1, 0.15) is 10.0 Å². The molecule has 42 heavy (non-hydrogen) atoms. The molecule has 3 aromatic heterocycles. The number of nitro benzene ring substituents is 2. The smallest absolute Gasteiger partial charge is 0.329 e. The van der Waals surface area contributed by atoms with E-state index in [4.69, 9.17) is 0 Å². The van der Waals surface area contributed by atoms with Crippen molar-refractivity contribution in [3.05, 3.63) is 114 Å². The highest BCUT2D eigenvalue weighted by Gasteiger charge is 2.17. The number of non-ortho nitro benzene ring substituents is 2. The molecule has 0 saturated heterocycles. The van der Waals surface area contributed by atoms with Crippen molar-refractivity contribution in [2.75, 3.05) is 10.6 Å². The van der Waals surface area contributed by atoms with Gasteiger partial charge >= 0.3 is 5.69 Å². The minimum Gasteiger partial charge on any atom is -0.330 e. The average molecular weight is 603 g/mol. The Kier molecular flexibility index (Phi) is 7.07. The number of rotatable bonds is 10. The summed E-state index contributed by atoms with van der Waals surface area (Å²) in [5, 5.41) is 46.8. The number of benzene rings is 3. The summed E-state index contributed by atoms with van der Waals surface area (Å²) in [4.78, 5) is 34.4. The summed E-state index contributed by atoms with van der Waals surface area (Å²) in [6.45, 7) is 0.379. The van der Waals surface area contributed by atoms with E-state index in [0.717, 1.165) is 11.0 Å². The minimum atomic E-state index is -0.468. The molecule has 0 aliphatic rings. The quantitative estimate of drug-likeness (QED) is 0.160. The Labute approximate surface area is 243 Å². The molecule has 15 nitrogen and oxygen atoms in total. The number of para-hydroxylation sites is 2. The first-order valence-corrected chi connectivity index (χ1v) is 13.8. The molecule has 0 unspecified atom stereocenters. The number of hydrogen-bond donors (Lipinski definition) is 2. The van der Waals surface area contributed by atoms with Crippen molar-refractivity contribution in [3.63, 3.8) is 0 Å². The number of nitro groups is 2. The lowest BCUT2D eigenvalue weighted by atomic mass is 10.3. The van der Waals surface area contributed by atoms with Gasteiger partial charge in [0.2, 0.25) is 10.3 Å². The van der Waals surface area contributed by atoms with Crippen molar-refractivity contribution >= 4 is 66.7 Å². The van der Waals surface area contributed by atoms with E-state index in [0.29, 0.717) is 31.7 Å². The van der Waals surface area contributed by atoms with Gasteiger partial charge in [0, 0.05) is 35.6 Å². The first kappa shape index (κ1) is 26.7. The fourth-order valence-electron chi connectivity index (χ4n) is 4.16. The lowest BCUT2D eigenvalue weighted by molar-refractivity contribution is -0.385. The van der Waals surface area contributed by atoms with Gasteiger partial charge in [-0.05, 0) is 36.4 Å². The summed E-state index contributed by atoms with van der Waals surface area (Å²) in [7, 11) is 0. The summed E-state index contributed by atoms with van der Waals surface area (Å²) < 4.78 is 3.23. The number of imidazole rings is 1. The van der Waals surface area contributed by atoms with Crippen molar-refractivity contribution in [3.8, 4) is 0 Å². The van der Waals surface area contributed by atoms with E-state index in [1.165, 1.54) is 46.9 Å². The van der Waals surface area contributed by atoms with Gasteiger partial charge in [-0.15, -0.1) is 20.4 Å². The Morgan fingerprint density at radius 3 is 1.43 bits per heavy atom. The number of anilines is 4. The van der Waals surface area contributed by atoms with Crippen molar-refractivity contribution < 1.29 is 9.85 Å². The van der Waals surface area contributed by atoms with E-state index < -0.39 is 9.85 Å². The zero-order valence-corrected chi connectivity index (χ0v) is 22.9. The Morgan fingerprint density at radius 2 is 1.05 bits per heavy atom. The van der Waals surface area contributed by atoms with Gasteiger partial charge in [0.1, 0.15) is 10.0 Å². The predicted octanol–water partition coefficient (Wildman–Crippen LogP) is 4.91. The van der Waals surface area contributed by atoms with Gasteiger partial charge in [0.15, 0.2) is 0 Å². The molecule has 6 rings (SSSR count). The lowest BCUT2D eigenvalue weighted by Crippen LogP contribution is -2.25. The zero-order chi connectivity index (χ0) is 29.2. The SMILES string of the molecule is O=c1n(Cc2nnc(Nc3ccc([N+](=O)[O-])cc3)s2)c2ccccc2n1Cc1nnc(Nc2ccc([N+](=O)[O-])cc2)s1. The number of fused-ring (bicyclic) bond motifs is 1. The Morgan fingerprint density at radius 1 is 0.643 bits per heavy atom. The highest BCUT2D eigenvalue weighted by atomic mass is 32.1. The molecule has 0 aliphatic heterocycles. The molecule has 3 heterocycles. The number of aromatic nitrogens is 6. The molecule has 3 aromatic carbocycles. The molecule has 0 saturated carbocycles. The third-order valence-electron chi connectivity index (χ3n) is 6.10. The fraction of sp³-hybridized carbons (Fsp3) is 0.0800. The maximum atomic E-state index is 13.6. The first-order chi connectivity index (χ1) is 20.3. The summed E-state index contributed by atoms with van der Waals surface area (Å²) >= 11 is 2.54. The second kappa shape index (κ2) is 11.1. The van der Waals surface area contributed by atoms with E-state index in [2.05, 4.69) is 31.0 Å². The van der Waals surface area contributed by atoms with Gasteiger partial charge in [-0.3, -0.25) is 29.4 Å². The molecule has 0 atom stereocenters. The third-order valence-corrected chi connectivity index (χ3v) is 7.75. The van der Waals surface area contributed by atoms with Gasteiger partial charge in [-0.25, -0.2) is 4.79 Å². The van der Waals surface area contributed by atoms with Gasteiger partial charge in [0.05, 0.1) is 34.0 Å². The Bertz CT molecular complexity index is 1840. The molecule has 0 fully saturated rings. The summed E-state index contributed by atoms with van der Waals surface area (Å²) in [5.41, 5.74) is 2.40. The third kappa shape index (κ3) is 5.54. The molecule has 17 heteroatoms. The molecule has 210 valence electrons. The van der Waals surface area contributed by atoms with Crippen LogP contribution in [0.3, 0.4) is 0 Å². The van der Waals surface area contributed by atoms with Gasteiger partial charge < -0.3 is 10.6 Å². The van der Waals surface area contributed by atoms with Crippen LogP contribution in [0.4, 0.5) is 33.0 Å². The lowest BCUT2D eigenvalue weighted by Gasteiger charge is -2.01. The maximum Gasteiger partial charge on any atom is 0.329 e. The van der Waals surface area contributed by atoms with Crippen LogP contribution in [0.5, 0.6) is 0 Å². The number of nitrogens with zero attached hydrogens (tertiary/aromatic N) is 8. The topological polar surface area (TPSA) is 189 Å². The van der Waals surface area contributed by atoms with E-state index >= 15 is 0 Å². The van der Waals surface area contributed by atoms with Crippen LogP contribution in [-0.4, -0.2) is 39.4 Å². The van der Waals surface area contributed by atoms with E-state index in [1.54, 1.807) is 33.4 Å². The first-order valence-electron chi connectivity index (χ1n) is 12.2. The number of nitrogens with one attached hydrogen (secondary N) is 2. The molecular weight excluding hydrogens is 584 g/mol. The normalized spacial score (nSPS) is 11.0. The van der Waals surface area contributed by atoms with Crippen LogP contribution in [0.25, 0.3) is 11.0 Å². The Balaban J connectivity index is 1.19. The van der Waals surface area contributed by atoms with Crippen molar-refractivity contribution in [2.24, 2.45) is 0 Å². The van der Waals surface area contributed by atoms with Crippen LogP contribution in [0.2, 0.25) is 0 Å². The van der Waals surface area contributed by atoms with Crippen molar-refractivity contribution in [1.82, 2.24) is 29.5 Å². The van der Waals surface area contributed by atoms with E-state index in [9.17, 15) is 25.0 Å². The minimum absolute atomic E-state index is 0.0141. The second-order valence-corrected chi connectivity index (χ2v) is 10.9. The van der Waals surface area contributed by atoms with Gasteiger partial charge in [0.25, 0.3) is 11.4 Å². The maximum absolute atomic E-state index is 13.6. The van der Waals surface area contributed by atoms with Crippen LogP contribution in [-0.2, 0) is 13.1 Å². The monoisotopic (exact) mass is 602 g/mol. The molecule has 0 radical (unpaired) electrons. The zero-order valence-electron chi connectivity index (χ0n) is 21.3. The fourth-order valence-corrected chi connectivity index (χ4v) is 5.66. The standard InChI is InChI=1S/C25H18N10O5S2/c36-25-32(13-21-28-30-23(41-21)26-15-5-9-17(10-6-15)34(37)38)19-3-1-2-4-20(19)33(25)14-22-29-31-24(42-22)27-16-7-11-18(12-8-16)35(39)40/h1-12H,13-14H2,(H,26,30)(H,27,31). The molecule has 6 aromatic rings. The number of hydrogen-bond acceptors (Lipinski definition) is 13. The predicted molar refractivity (Wildman–Crippen MR) is 157 cm³/mol. The highest BCUT2D eigenvalue weighted by Crippen LogP contribution is 2.26. The molecule has 2 N–H and O–H groups in total. The van der Waals surface area contributed by atoms with Crippen molar-refractivity contribution in [2.45, 2.75) is 13.1 Å².